The summed E-state index contributed by atoms with van der Waals surface area (Å²) in [5, 5.41) is 3.08. The molecule has 0 aliphatic heterocycles. The van der Waals surface area contributed by atoms with Crippen LogP contribution >= 0.6 is 0 Å². The molecule has 0 saturated carbocycles. The molecule has 0 amide bonds. The minimum atomic E-state index is -1.17. The highest BCUT2D eigenvalue weighted by atomic mass is 28.3. The van der Waals surface area contributed by atoms with Crippen molar-refractivity contribution < 1.29 is 0 Å². The minimum Gasteiger partial charge on any atom is -0.0629 e. The van der Waals surface area contributed by atoms with Crippen molar-refractivity contribution >= 4 is 19.2 Å². The van der Waals surface area contributed by atoms with E-state index >= 15 is 0 Å². The lowest BCUT2D eigenvalue weighted by Gasteiger charge is -2.20. The molecule has 0 nitrogen and oxygen atoms in total. The Hall–Kier alpha value is -2.12. The number of aryl methyl sites for hydroxylation is 1. The summed E-state index contributed by atoms with van der Waals surface area (Å²) in [6.07, 6.45) is 1.16. The molecule has 0 atom stereocenters. The monoisotopic (exact) mass is 344 g/mol. The van der Waals surface area contributed by atoms with E-state index in [1.54, 1.807) is 10.4 Å². The molecule has 0 heterocycles. The molecular formula is C24H28Si. The first-order valence-corrected chi connectivity index (χ1v) is 11.2. The largest absolute Gasteiger partial charge is 0.103 e. The third-order valence-electron chi connectivity index (χ3n) is 4.95. The first-order chi connectivity index (χ1) is 12.0. The van der Waals surface area contributed by atoms with Gasteiger partial charge in [0.2, 0.25) is 0 Å². The van der Waals surface area contributed by atoms with E-state index in [-0.39, 0.29) is 5.41 Å². The van der Waals surface area contributed by atoms with Gasteiger partial charge in [-0.3, -0.25) is 0 Å². The molecule has 0 aromatic heterocycles. The highest BCUT2D eigenvalue weighted by Gasteiger charge is 2.16. The quantitative estimate of drug-likeness (QED) is 0.595. The highest BCUT2D eigenvalue weighted by Crippen LogP contribution is 2.22. The topological polar surface area (TPSA) is 0 Å². The van der Waals surface area contributed by atoms with E-state index in [4.69, 9.17) is 0 Å². The Morgan fingerprint density at radius 3 is 1.56 bits per heavy atom. The normalized spacial score (nSPS) is 11.7. The second-order valence-corrected chi connectivity index (χ2v) is 10.9. The maximum absolute atomic E-state index is 2.32. The average molecular weight is 345 g/mol. The van der Waals surface area contributed by atoms with Gasteiger partial charge in [0.1, 0.15) is 8.80 Å². The molecule has 3 rings (SSSR count). The van der Waals surface area contributed by atoms with Gasteiger partial charge in [-0.05, 0) is 29.0 Å². The lowest BCUT2D eigenvalue weighted by Crippen LogP contribution is -2.42. The summed E-state index contributed by atoms with van der Waals surface area (Å²) >= 11 is 0. The molecule has 0 bridgehead atoms. The Bertz CT molecular complexity index is 728. The zero-order chi connectivity index (χ0) is 17.7. The van der Waals surface area contributed by atoms with E-state index in [1.807, 2.05) is 0 Å². The fraction of sp³-hybridized carbons (Fsp3) is 0.250. The molecule has 0 spiro atoms. The Labute approximate surface area is 154 Å². The molecule has 3 aromatic rings. The van der Waals surface area contributed by atoms with Crippen LogP contribution in [0.25, 0.3) is 0 Å². The van der Waals surface area contributed by atoms with Crippen LogP contribution < -0.4 is 10.4 Å². The highest BCUT2D eigenvalue weighted by molar-refractivity contribution is 6.85. The molecule has 0 saturated heterocycles. The van der Waals surface area contributed by atoms with E-state index in [1.165, 1.54) is 17.2 Å². The van der Waals surface area contributed by atoms with E-state index in [0.717, 1.165) is 6.42 Å². The average Bonchev–Trinajstić information content (AvgIpc) is 2.63. The maximum Gasteiger partial charge on any atom is 0.103 e. The fourth-order valence-electron chi connectivity index (χ4n) is 3.38. The number of rotatable bonds is 5. The first kappa shape index (κ1) is 17.7. The number of hydrogen-bond donors (Lipinski definition) is 0. The molecule has 1 heteroatoms. The van der Waals surface area contributed by atoms with Gasteiger partial charge in [0.25, 0.3) is 0 Å². The van der Waals surface area contributed by atoms with Gasteiger partial charge in [0.15, 0.2) is 0 Å². The van der Waals surface area contributed by atoms with E-state index in [2.05, 4.69) is 106 Å². The molecule has 128 valence electrons. The van der Waals surface area contributed by atoms with Gasteiger partial charge in [-0.25, -0.2) is 0 Å². The van der Waals surface area contributed by atoms with Crippen molar-refractivity contribution in [2.45, 2.75) is 38.7 Å². The Kier molecular flexibility index (Phi) is 5.55. The van der Waals surface area contributed by atoms with Crippen LogP contribution in [0.15, 0.2) is 84.9 Å². The van der Waals surface area contributed by atoms with E-state index in [0.29, 0.717) is 0 Å². The van der Waals surface area contributed by atoms with Crippen LogP contribution in [-0.4, -0.2) is 8.80 Å². The van der Waals surface area contributed by atoms with Gasteiger partial charge in [-0.1, -0.05) is 116 Å². The lowest BCUT2D eigenvalue weighted by atomic mass is 9.86. The molecule has 25 heavy (non-hydrogen) atoms. The van der Waals surface area contributed by atoms with Crippen LogP contribution in [0, 0.1) is 0 Å². The second kappa shape index (κ2) is 7.84. The van der Waals surface area contributed by atoms with Gasteiger partial charge in [-0.15, -0.1) is 0 Å². The number of benzene rings is 3. The third kappa shape index (κ3) is 4.70. The predicted octanol–water partition coefficient (Wildman–Crippen LogP) is 4.57. The standard InChI is InChI=1S/C24H28Si/c1-24(2,3)21-16-14-20(15-17-21)18-19-25(22-10-6-4-7-11-22)23-12-8-5-9-13-23/h4-17,25H,18-19H2,1-3H3. The van der Waals surface area contributed by atoms with Crippen molar-refractivity contribution in [3.8, 4) is 0 Å². The summed E-state index contributed by atoms with van der Waals surface area (Å²) in [5.41, 5.74) is 3.10. The molecule has 0 aliphatic carbocycles. The Morgan fingerprint density at radius 2 is 1.12 bits per heavy atom. The maximum atomic E-state index is 2.32. The smallest absolute Gasteiger partial charge is 0.0629 e. The SMILES string of the molecule is CC(C)(C)c1ccc(CC[SiH](c2ccccc2)c2ccccc2)cc1. The van der Waals surface area contributed by atoms with Crippen LogP contribution in [0.5, 0.6) is 0 Å². The fourth-order valence-corrected chi connectivity index (χ4v) is 6.43. The van der Waals surface area contributed by atoms with E-state index in [9.17, 15) is 0 Å². The summed E-state index contributed by atoms with van der Waals surface area (Å²) in [5.74, 6) is 0. The summed E-state index contributed by atoms with van der Waals surface area (Å²) in [6.45, 7) is 6.82. The minimum absolute atomic E-state index is 0.226. The molecular weight excluding hydrogens is 316 g/mol. The van der Waals surface area contributed by atoms with Crippen LogP contribution in [0.4, 0.5) is 0 Å². The molecule has 0 aliphatic rings. The van der Waals surface area contributed by atoms with Gasteiger partial charge >= 0.3 is 0 Å². The van der Waals surface area contributed by atoms with Crippen molar-refractivity contribution in [3.63, 3.8) is 0 Å². The van der Waals surface area contributed by atoms with Crippen molar-refractivity contribution in [3.05, 3.63) is 96.1 Å². The van der Waals surface area contributed by atoms with Gasteiger partial charge in [0.05, 0.1) is 0 Å². The summed E-state index contributed by atoms with van der Waals surface area (Å²) in [7, 11) is -1.17. The van der Waals surface area contributed by atoms with Crippen molar-refractivity contribution in [1.82, 2.24) is 0 Å². The first-order valence-electron chi connectivity index (χ1n) is 9.23. The predicted molar refractivity (Wildman–Crippen MR) is 113 cm³/mol. The van der Waals surface area contributed by atoms with E-state index < -0.39 is 8.80 Å². The number of hydrogen-bond acceptors (Lipinski definition) is 0. The van der Waals surface area contributed by atoms with Crippen LogP contribution in [0.3, 0.4) is 0 Å². The lowest BCUT2D eigenvalue weighted by molar-refractivity contribution is 0.590. The summed E-state index contributed by atoms with van der Waals surface area (Å²) in [6, 6.07) is 32.7. The summed E-state index contributed by atoms with van der Waals surface area (Å²) < 4.78 is 0. The molecule has 0 fully saturated rings. The van der Waals surface area contributed by atoms with Crippen LogP contribution in [0.2, 0.25) is 6.04 Å². The van der Waals surface area contributed by atoms with Crippen LogP contribution in [0.1, 0.15) is 31.9 Å². The second-order valence-electron chi connectivity index (χ2n) is 7.86. The zero-order valence-corrected chi connectivity index (χ0v) is 16.7. The van der Waals surface area contributed by atoms with Gasteiger partial charge < -0.3 is 0 Å². The van der Waals surface area contributed by atoms with Crippen molar-refractivity contribution in [2.75, 3.05) is 0 Å². The molecule has 0 N–H and O–H groups in total. The van der Waals surface area contributed by atoms with Crippen molar-refractivity contribution in [2.24, 2.45) is 0 Å². The van der Waals surface area contributed by atoms with Gasteiger partial charge in [0, 0.05) is 0 Å². The molecule has 3 aromatic carbocycles. The Balaban J connectivity index is 1.77. The zero-order valence-electron chi connectivity index (χ0n) is 15.6. The summed E-state index contributed by atoms with van der Waals surface area (Å²) in [4.78, 5) is 0. The third-order valence-corrected chi connectivity index (χ3v) is 8.19. The van der Waals surface area contributed by atoms with Crippen molar-refractivity contribution in [1.29, 1.82) is 0 Å². The van der Waals surface area contributed by atoms with Crippen LogP contribution in [-0.2, 0) is 11.8 Å². The molecule has 0 radical (unpaired) electrons. The Morgan fingerprint density at radius 1 is 0.640 bits per heavy atom. The van der Waals surface area contributed by atoms with Gasteiger partial charge in [-0.2, -0.15) is 0 Å². The molecule has 0 unspecified atom stereocenters.